The summed E-state index contributed by atoms with van der Waals surface area (Å²) in [7, 11) is 1.83. The van der Waals surface area contributed by atoms with Gasteiger partial charge in [0.05, 0.1) is 5.69 Å². The third-order valence-corrected chi connectivity index (χ3v) is 3.99. The molecule has 2 rings (SSSR count). The highest BCUT2D eigenvalue weighted by molar-refractivity contribution is 9.10. The van der Waals surface area contributed by atoms with Crippen molar-refractivity contribution in [2.75, 3.05) is 5.32 Å². The van der Waals surface area contributed by atoms with Gasteiger partial charge in [-0.25, -0.2) is 4.68 Å². The minimum absolute atomic E-state index is 0.0275. The Morgan fingerprint density at radius 3 is 2.85 bits per heavy atom. The molecule has 1 N–H and O–H groups in total. The first-order valence-corrected chi connectivity index (χ1v) is 7.84. The second-order valence-corrected chi connectivity index (χ2v) is 5.90. The van der Waals surface area contributed by atoms with E-state index in [1.807, 2.05) is 38.2 Å². The maximum Gasteiger partial charge on any atom is 0.224 e. The summed E-state index contributed by atoms with van der Waals surface area (Å²) in [4.78, 5) is 17.0. The Bertz CT molecular complexity index is 614. The van der Waals surface area contributed by atoms with Crippen molar-refractivity contribution in [2.45, 2.75) is 29.8 Å². The van der Waals surface area contributed by atoms with Crippen LogP contribution in [0.5, 0.6) is 0 Å². The van der Waals surface area contributed by atoms with Gasteiger partial charge in [-0.3, -0.25) is 4.79 Å². The summed E-state index contributed by atoms with van der Waals surface area (Å²) in [5.41, 5.74) is 0.801. The third kappa shape index (κ3) is 3.83. The third-order valence-electron chi connectivity index (χ3n) is 2.54. The molecule has 2 aromatic rings. The zero-order valence-corrected chi connectivity index (χ0v) is 13.7. The van der Waals surface area contributed by atoms with E-state index in [0.29, 0.717) is 11.2 Å². The van der Waals surface area contributed by atoms with Gasteiger partial charge in [0.25, 0.3) is 0 Å². The van der Waals surface area contributed by atoms with Crippen molar-refractivity contribution < 1.29 is 4.79 Å². The molecule has 1 aromatic carbocycles. The second kappa shape index (κ2) is 6.90. The number of carbonyl (C=O) groups excluding carboxylic acids is 1. The Morgan fingerprint density at radius 1 is 1.45 bits per heavy atom. The fourth-order valence-corrected chi connectivity index (χ4v) is 3.03. The van der Waals surface area contributed by atoms with Crippen molar-refractivity contribution >= 4 is 39.3 Å². The van der Waals surface area contributed by atoms with Gasteiger partial charge in [-0.15, -0.1) is 5.10 Å². The van der Waals surface area contributed by atoms with Crippen LogP contribution in [0, 0.1) is 0 Å². The van der Waals surface area contributed by atoms with Gasteiger partial charge in [-0.2, -0.15) is 4.98 Å². The molecule has 0 radical (unpaired) electrons. The highest BCUT2D eigenvalue weighted by Crippen LogP contribution is 2.32. The predicted molar refractivity (Wildman–Crippen MR) is 82.8 cm³/mol. The number of anilines is 1. The van der Waals surface area contributed by atoms with Gasteiger partial charge in [0, 0.05) is 18.4 Å². The number of benzene rings is 1. The summed E-state index contributed by atoms with van der Waals surface area (Å²) < 4.78 is 2.24. The van der Waals surface area contributed by atoms with Gasteiger partial charge >= 0.3 is 0 Å². The predicted octanol–water partition coefficient (Wildman–Crippen LogP) is 3.47. The normalized spacial score (nSPS) is 10.6. The number of halogens is 1. The lowest BCUT2D eigenvalue weighted by Gasteiger charge is -2.09. The number of aromatic nitrogens is 3. The summed E-state index contributed by atoms with van der Waals surface area (Å²) in [6, 6.07) is 7.68. The first kappa shape index (κ1) is 15.1. The standard InChI is InChI=1S/C13H15BrN4OS/c1-3-6-11(19)15-9-7-4-5-8-10(9)20-13-16-12(14)17-18(13)2/h4-5,7-8H,3,6H2,1-2H3,(H,15,19). The first-order valence-electron chi connectivity index (χ1n) is 6.23. The van der Waals surface area contributed by atoms with Crippen molar-refractivity contribution in [3.63, 3.8) is 0 Å². The van der Waals surface area contributed by atoms with Crippen LogP contribution in [-0.2, 0) is 11.8 Å². The van der Waals surface area contributed by atoms with E-state index >= 15 is 0 Å². The number of rotatable bonds is 5. The number of hydrogen-bond donors (Lipinski definition) is 1. The fourth-order valence-electron chi connectivity index (χ4n) is 1.63. The molecular formula is C13H15BrN4OS. The summed E-state index contributed by atoms with van der Waals surface area (Å²) >= 11 is 4.72. The number of carbonyl (C=O) groups is 1. The zero-order valence-electron chi connectivity index (χ0n) is 11.3. The van der Waals surface area contributed by atoms with Crippen molar-refractivity contribution in [3.8, 4) is 0 Å². The largest absolute Gasteiger partial charge is 0.325 e. The van der Waals surface area contributed by atoms with Gasteiger partial charge in [0.15, 0.2) is 5.16 Å². The van der Waals surface area contributed by atoms with Crippen LogP contribution in [0.1, 0.15) is 19.8 Å². The monoisotopic (exact) mass is 354 g/mol. The molecule has 0 aliphatic carbocycles. The summed E-state index contributed by atoms with van der Waals surface area (Å²) in [5.74, 6) is 0.0275. The van der Waals surface area contributed by atoms with Crippen LogP contribution in [0.3, 0.4) is 0 Å². The number of amides is 1. The molecule has 1 amide bonds. The van der Waals surface area contributed by atoms with Gasteiger partial charge in [0.2, 0.25) is 10.6 Å². The molecular weight excluding hydrogens is 340 g/mol. The SMILES string of the molecule is CCCC(=O)Nc1ccccc1Sc1nc(Br)nn1C. The smallest absolute Gasteiger partial charge is 0.224 e. The average molecular weight is 355 g/mol. The second-order valence-electron chi connectivity index (χ2n) is 4.18. The Morgan fingerprint density at radius 2 is 2.20 bits per heavy atom. The Labute approximate surface area is 130 Å². The van der Waals surface area contributed by atoms with Crippen LogP contribution in [0.15, 0.2) is 39.1 Å². The van der Waals surface area contributed by atoms with Gasteiger partial charge in [-0.1, -0.05) is 19.1 Å². The van der Waals surface area contributed by atoms with E-state index in [1.165, 1.54) is 11.8 Å². The molecule has 1 aromatic heterocycles. The number of nitrogens with one attached hydrogen (secondary N) is 1. The van der Waals surface area contributed by atoms with Crippen LogP contribution in [0.2, 0.25) is 0 Å². The highest BCUT2D eigenvalue weighted by Gasteiger charge is 2.11. The van der Waals surface area contributed by atoms with E-state index in [4.69, 9.17) is 0 Å². The lowest BCUT2D eigenvalue weighted by atomic mass is 10.3. The molecule has 0 aliphatic rings. The number of para-hydroxylation sites is 1. The first-order chi connectivity index (χ1) is 9.60. The van der Waals surface area contributed by atoms with E-state index in [9.17, 15) is 4.79 Å². The minimum Gasteiger partial charge on any atom is -0.325 e. The van der Waals surface area contributed by atoms with Crippen molar-refractivity contribution in [1.82, 2.24) is 14.8 Å². The summed E-state index contributed by atoms with van der Waals surface area (Å²) in [6.07, 6.45) is 1.35. The Hall–Kier alpha value is -1.34. The van der Waals surface area contributed by atoms with E-state index < -0.39 is 0 Å². The molecule has 0 atom stereocenters. The van der Waals surface area contributed by atoms with E-state index in [1.54, 1.807) is 4.68 Å². The average Bonchev–Trinajstić information content (AvgIpc) is 2.70. The van der Waals surface area contributed by atoms with E-state index in [-0.39, 0.29) is 5.91 Å². The molecule has 0 fully saturated rings. The molecule has 0 saturated heterocycles. The van der Waals surface area contributed by atoms with Crippen molar-refractivity contribution in [1.29, 1.82) is 0 Å². The summed E-state index contributed by atoms with van der Waals surface area (Å²) in [6.45, 7) is 1.98. The fraction of sp³-hybridized carbons (Fsp3) is 0.308. The lowest BCUT2D eigenvalue weighted by Crippen LogP contribution is -2.11. The van der Waals surface area contributed by atoms with Crippen LogP contribution in [0.4, 0.5) is 5.69 Å². The maximum absolute atomic E-state index is 11.7. The number of nitrogens with zero attached hydrogens (tertiary/aromatic N) is 3. The molecule has 0 unspecified atom stereocenters. The van der Waals surface area contributed by atoms with E-state index in [2.05, 4.69) is 31.3 Å². The molecule has 20 heavy (non-hydrogen) atoms. The summed E-state index contributed by atoms with van der Waals surface area (Å²) in [5, 5.41) is 7.83. The lowest BCUT2D eigenvalue weighted by molar-refractivity contribution is -0.116. The number of aryl methyl sites for hydroxylation is 1. The van der Waals surface area contributed by atoms with Crippen LogP contribution >= 0.6 is 27.7 Å². The van der Waals surface area contributed by atoms with Gasteiger partial charge in [0.1, 0.15) is 0 Å². The quantitative estimate of drug-likeness (QED) is 0.892. The zero-order chi connectivity index (χ0) is 14.5. The molecule has 5 nitrogen and oxygen atoms in total. The Balaban J connectivity index is 2.19. The molecule has 0 aliphatic heterocycles. The number of hydrogen-bond acceptors (Lipinski definition) is 4. The molecule has 0 spiro atoms. The van der Waals surface area contributed by atoms with Crippen LogP contribution in [0.25, 0.3) is 0 Å². The molecule has 0 bridgehead atoms. The maximum atomic E-state index is 11.7. The van der Waals surface area contributed by atoms with Crippen LogP contribution in [-0.4, -0.2) is 20.7 Å². The minimum atomic E-state index is 0.0275. The van der Waals surface area contributed by atoms with Gasteiger partial charge < -0.3 is 5.32 Å². The van der Waals surface area contributed by atoms with E-state index in [0.717, 1.165) is 22.2 Å². The van der Waals surface area contributed by atoms with Crippen molar-refractivity contribution in [2.24, 2.45) is 7.05 Å². The van der Waals surface area contributed by atoms with Crippen LogP contribution < -0.4 is 5.32 Å². The topological polar surface area (TPSA) is 59.8 Å². The Kier molecular flexibility index (Phi) is 5.19. The molecule has 7 heteroatoms. The molecule has 106 valence electrons. The highest BCUT2D eigenvalue weighted by atomic mass is 79.9. The van der Waals surface area contributed by atoms with Crippen molar-refractivity contribution in [3.05, 3.63) is 29.0 Å². The molecule has 1 heterocycles. The van der Waals surface area contributed by atoms with Gasteiger partial charge in [-0.05, 0) is 46.2 Å². The molecule has 0 saturated carbocycles.